The highest BCUT2D eigenvalue weighted by Gasteiger charge is 2.25. The van der Waals surface area contributed by atoms with E-state index in [-0.39, 0.29) is 25.0 Å². The lowest BCUT2D eigenvalue weighted by Crippen LogP contribution is -2.41. The highest BCUT2D eigenvalue weighted by Crippen LogP contribution is 2.20. The van der Waals surface area contributed by atoms with Crippen LogP contribution >= 0.6 is 11.6 Å². The fourth-order valence-corrected chi connectivity index (χ4v) is 2.56. The predicted octanol–water partition coefficient (Wildman–Crippen LogP) is 2.44. The van der Waals surface area contributed by atoms with E-state index in [1.54, 1.807) is 29.2 Å². The van der Waals surface area contributed by atoms with Gasteiger partial charge in [-0.2, -0.15) is 0 Å². The average Bonchev–Trinajstić information content (AvgIpc) is 2.47. The van der Waals surface area contributed by atoms with Crippen molar-refractivity contribution in [3.8, 4) is 0 Å². The van der Waals surface area contributed by atoms with Gasteiger partial charge in [0.1, 0.15) is 0 Å². The largest absolute Gasteiger partial charge is 0.481 e. The molecule has 1 fully saturated rings. The van der Waals surface area contributed by atoms with E-state index in [1.165, 1.54) is 0 Å². The fraction of sp³-hybridized carbons (Fsp3) is 0.467. The maximum Gasteiger partial charge on any atom is 0.305 e. The lowest BCUT2D eigenvalue weighted by atomic mass is 10.1. The van der Waals surface area contributed by atoms with Crippen LogP contribution in [0, 0.1) is 0 Å². The summed E-state index contributed by atoms with van der Waals surface area (Å²) < 4.78 is 5.51. The summed E-state index contributed by atoms with van der Waals surface area (Å²) in [4.78, 5) is 24.5. The second kappa shape index (κ2) is 7.43. The number of likely N-dealkylation sites (tertiary alicyclic amines) is 1. The molecule has 6 heteroatoms. The lowest BCUT2D eigenvalue weighted by molar-refractivity contribution is -0.138. The van der Waals surface area contributed by atoms with Crippen LogP contribution in [0.4, 0.5) is 0 Å². The van der Waals surface area contributed by atoms with E-state index in [0.29, 0.717) is 23.7 Å². The number of carboxylic acid groups (broad SMARTS) is 1. The number of ether oxygens (including phenoxy) is 1. The van der Waals surface area contributed by atoms with E-state index in [1.807, 2.05) is 0 Å². The van der Waals surface area contributed by atoms with Crippen LogP contribution in [-0.4, -0.2) is 47.7 Å². The Labute approximate surface area is 128 Å². The molecular formula is C15H18ClNO4. The number of carbonyl (C=O) groups is 2. The molecule has 0 saturated carbocycles. The number of nitrogens with zero attached hydrogens (tertiary/aromatic N) is 1. The Morgan fingerprint density at radius 1 is 1.29 bits per heavy atom. The van der Waals surface area contributed by atoms with Crippen LogP contribution in [0.3, 0.4) is 0 Å². The van der Waals surface area contributed by atoms with E-state index in [2.05, 4.69) is 0 Å². The van der Waals surface area contributed by atoms with Crippen molar-refractivity contribution in [3.63, 3.8) is 0 Å². The Bertz CT molecular complexity index is 512. The van der Waals surface area contributed by atoms with Crippen molar-refractivity contribution >= 4 is 23.5 Å². The molecular weight excluding hydrogens is 294 g/mol. The normalized spacial score (nSPS) is 16.0. The van der Waals surface area contributed by atoms with Gasteiger partial charge in [-0.15, -0.1) is 0 Å². The standard InChI is InChI=1S/C15H18ClNO4/c16-13-4-2-1-3-12(13)15(20)17-8-5-11(6-9-17)21-10-7-14(18)19/h1-4,11H,5-10H2,(H,18,19). The molecule has 1 aromatic carbocycles. The SMILES string of the molecule is O=C(O)CCOC1CCN(C(=O)c2ccccc2Cl)CC1. The second-order valence-corrected chi connectivity index (χ2v) is 5.39. The van der Waals surface area contributed by atoms with Crippen LogP contribution in [0.1, 0.15) is 29.6 Å². The molecule has 114 valence electrons. The topological polar surface area (TPSA) is 66.8 Å². The molecule has 1 aliphatic rings. The van der Waals surface area contributed by atoms with E-state index in [0.717, 1.165) is 12.8 Å². The molecule has 0 atom stereocenters. The summed E-state index contributed by atoms with van der Waals surface area (Å²) in [5.74, 6) is -0.925. The summed E-state index contributed by atoms with van der Waals surface area (Å²) in [6.07, 6.45) is 1.48. The molecule has 1 aliphatic heterocycles. The third-order valence-corrected chi connectivity index (χ3v) is 3.83. The number of rotatable bonds is 5. The number of carboxylic acids is 1. The molecule has 0 bridgehead atoms. The van der Waals surface area contributed by atoms with Crippen LogP contribution in [0.2, 0.25) is 5.02 Å². The van der Waals surface area contributed by atoms with Crippen LogP contribution in [0.25, 0.3) is 0 Å². The van der Waals surface area contributed by atoms with Gasteiger partial charge >= 0.3 is 5.97 Å². The first-order valence-corrected chi connectivity index (χ1v) is 7.33. The number of piperidine rings is 1. The van der Waals surface area contributed by atoms with Gasteiger partial charge in [0.05, 0.1) is 29.7 Å². The maximum absolute atomic E-state index is 12.4. The van der Waals surface area contributed by atoms with Gasteiger partial charge in [0, 0.05) is 13.1 Å². The fourth-order valence-electron chi connectivity index (χ4n) is 2.34. The summed E-state index contributed by atoms with van der Waals surface area (Å²) in [5.41, 5.74) is 0.518. The van der Waals surface area contributed by atoms with Crippen LogP contribution in [-0.2, 0) is 9.53 Å². The molecule has 1 aromatic rings. The van der Waals surface area contributed by atoms with Crippen LogP contribution in [0.5, 0.6) is 0 Å². The summed E-state index contributed by atoms with van der Waals surface area (Å²) in [5, 5.41) is 9.02. The number of aliphatic carboxylic acids is 1. The summed E-state index contributed by atoms with van der Waals surface area (Å²) >= 11 is 6.04. The van der Waals surface area contributed by atoms with Crippen molar-refractivity contribution in [2.24, 2.45) is 0 Å². The highest BCUT2D eigenvalue weighted by molar-refractivity contribution is 6.33. The van der Waals surface area contributed by atoms with Gasteiger partial charge in [-0.25, -0.2) is 0 Å². The molecule has 5 nitrogen and oxygen atoms in total. The number of carbonyl (C=O) groups excluding carboxylic acids is 1. The Kier molecular flexibility index (Phi) is 5.59. The van der Waals surface area contributed by atoms with Crippen molar-refractivity contribution in [1.82, 2.24) is 4.90 Å². The van der Waals surface area contributed by atoms with E-state index in [4.69, 9.17) is 21.4 Å². The minimum atomic E-state index is -0.860. The first-order chi connectivity index (χ1) is 10.1. The molecule has 0 radical (unpaired) electrons. The zero-order valence-corrected chi connectivity index (χ0v) is 12.4. The summed E-state index contributed by atoms with van der Waals surface area (Å²) in [6.45, 7) is 1.42. The number of amides is 1. The molecule has 1 saturated heterocycles. The Morgan fingerprint density at radius 2 is 1.95 bits per heavy atom. The van der Waals surface area contributed by atoms with E-state index < -0.39 is 5.97 Å². The first kappa shape index (κ1) is 15.8. The minimum absolute atomic E-state index is 0.0127. The van der Waals surface area contributed by atoms with Gasteiger partial charge in [0.25, 0.3) is 5.91 Å². The van der Waals surface area contributed by atoms with E-state index >= 15 is 0 Å². The van der Waals surface area contributed by atoms with Gasteiger partial charge in [-0.3, -0.25) is 9.59 Å². The molecule has 0 unspecified atom stereocenters. The molecule has 1 N–H and O–H groups in total. The van der Waals surface area contributed by atoms with Gasteiger partial charge in [-0.05, 0) is 25.0 Å². The van der Waals surface area contributed by atoms with Crippen molar-refractivity contribution in [2.75, 3.05) is 19.7 Å². The van der Waals surface area contributed by atoms with Crippen molar-refractivity contribution in [2.45, 2.75) is 25.4 Å². The molecule has 21 heavy (non-hydrogen) atoms. The molecule has 0 aromatic heterocycles. The smallest absolute Gasteiger partial charge is 0.305 e. The first-order valence-electron chi connectivity index (χ1n) is 6.95. The van der Waals surface area contributed by atoms with Crippen LogP contribution < -0.4 is 0 Å². The number of benzene rings is 1. The monoisotopic (exact) mass is 311 g/mol. The zero-order valence-electron chi connectivity index (χ0n) is 11.6. The Morgan fingerprint density at radius 3 is 2.57 bits per heavy atom. The zero-order chi connectivity index (χ0) is 15.2. The maximum atomic E-state index is 12.4. The number of hydrogen-bond donors (Lipinski definition) is 1. The number of hydrogen-bond acceptors (Lipinski definition) is 3. The van der Waals surface area contributed by atoms with Gasteiger partial charge < -0.3 is 14.7 Å². The van der Waals surface area contributed by atoms with Gasteiger partial charge in [0.15, 0.2) is 0 Å². The molecule has 2 rings (SSSR count). The second-order valence-electron chi connectivity index (χ2n) is 4.99. The Balaban J connectivity index is 1.82. The average molecular weight is 312 g/mol. The summed E-state index contributed by atoms with van der Waals surface area (Å²) in [7, 11) is 0. The van der Waals surface area contributed by atoms with Gasteiger partial charge in [-0.1, -0.05) is 23.7 Å². The molecule has 0 spiro atoms. The third kappa shape index (κ3) is 4.44. The molecule has 1 amide bonds. The van der Waals surface area contributed by atoms with E-state index in [9.17, 15) is 9.59 Å². The summed E-state index contributed by atoms with van der Waals surface area (Å²) in [6, 6.07) is 7.01. The quantitative estimate of drug-likeness (QED) is 0.907. The molecule has 0 aliphatic carbocycles. The lowest BCUT2D eigenvalue weighted by Gasteiger charge is -2.32. The molecule has 1 heterocycles. The van der Waals surface area contributed by atoms with Crippen molar-refractivity contribution < 1.29 is 19.4 Å². The van der Waals surface area contributed by atoms with Gasteiger partial charge in [0.2, 0.25) is 0 Å². The Hall–Kier alpha value is -1.59. The van der Waals surface area contributed by atoms with Crippen LogP contribution in [0.15, 0.2) is 24.3 Å². The predicted molar refractivity (Wildman–Crippen MR) is 78.6 cm³/mol. The highest BCUT2D eigenvalue weighted by atomic mass is 35.5. The number of halogens is 1. The van der Waals surface area contributed by atoms with Crippen molar-refractivity contribution in [1.29, 1.82) is 0 Å². The minimum Gasteiger partial charge on any atom is -0.481 e. The van der Waals surface area contributed by atoms with Crippen molar-refractivity contribution in [3.05, 3.63) is 34.9 Å². The third-order valence-electron chi connectivity index (χ3n) is 3.50.